The van der Waals surface area contributed by atoms with Crippen molar-refractivity contribution in [3.8, 4) is 0 Å². The molecule has 2 aromatic rings. The molecule has 1 aliphatic carbocycles. The lowest BCUT2D eigenvalue weighted by Gasteiger charge is -2.15. The van der Waals surface area contributed by atoms with Crippen LogP contribution in [0.4, 0.5) is 15.2 Å². The first-order chi connectivity index (χ1) is 10.9. The number of nitrogens with zero attached hydrogens (tertiary/aromatic N) is 2. The number of hydrogen-bond acceptors (Lipinski definition) is 6. The van der Waals surface area contributed by atoms with Crippen molar-refractivity contribution in [2.24, 2.45) is 5.73 Å². The highest BCUT2D eigenvalue weighted by Crippen LogP contribution is 2.30. The molecule has 0 saturated heterocycles. The Hall–Kier alpha value is -2.10. The Labute approximate surface area is 146 Å². The SMILES string of the molecule is Cl.N[C@H]1CCc2nc(NC(=O)c3cc(F)ccc3[N+](=O)[O-])sc2C1. The van der Waals surface area contributed by atoms with E-state index in [9.17, 15) is 19.3 Å². The number of fused-ring (bicyclic) bond motifs is 1. The number of thiazole rings is 1. The van der Waals surface area contributed by atoms with Crippen molar-refractivity contribution in [3.05, 3.63) is 50.3 Å². The molecule has 10 heteroatoms. The lowest BCUT2D eigenvalue weighted by atomic mass is 9.99. The highest BCUT2D eigenvalue weighted by molar-refractivity contribution is 7.15. The zero-order chi connectivity index (χ0) is 16.6. The molecule has 0 bridgehead atoms. The van der Waals surface area contributed by atoms with Crippen LogP contribution in [-0.2, 0) is 12.8 Å². The van der Waals surface area contributed by atoms with E-state index < -0.39 is 22.3 Å². The summed E-state index contributed by atoms with van der Waals surface area (Å²) in [6, 6.07) is 2.83. The summed E-state index contributed by atoms with van der Waals surface area (Å²) in [4.78, 5) is 27.8. The Bertz CT molecular complexity index is 798. The predicted molar refractivity (Wildman–Crippen MR) is 90.4 cm³/mol. The number of nitro groups is 1. The molecule has 3 N–H and O–H groups in total. The summed E-state index contributed by atoms with van der Waals surface area (Å²) in [5, 5.41) is 13.8. The number of carbonyl (C=O) groups excluding carboxylic acids is 1. The predicted octanol–water partition coefficient (Wildman–Crippen LogP) is 2.68. The number of halogens is 2. The highest BCUT2D eigenvalue weighted by atomic mass is 35.5. The summed E-state index contributed by atoms with van der Waals surface area (Å²) in [5.74, 6) is -1.48. The summed E-state index contributed by atoms with van der Waals surface area (Å²) in [6.07, 6.45) is 2.27. The van der Waals surface area contributed by atoms with Gasteiger partial charge < -0.3 is 5.73 Å². The van der Waals surface area contributed by atoms with Crippen molar-refractivity contribution < 1.29 is 14.1 Å². The van der Waals surface area contributed by atoms with Gasteiger partial charge >= 0.3 is 0 Å². The van der Waals surface area contributed by atoms with E-state index in [2.05, 4.69) is 10.3 Å². The fourth-order valence-corrected chi connectivity index (χ4v) is 3.56. The van der Waals surface area contributed by atoms with Gasteiger partial charge in [0.05, 0.1) is 10.6 Å². The maximum Gasteiger partial charge on any atom is 0.282 e. The molecule has 0 aliphatic heterocycles. The minimum absolute atomic E-state index is 0. The van der Waals surface area contributed by atoms with Crippen molar-refractivity contribution in [3.63, 3.8) is 0 Å². The van der Waals surface area contributed by atoms with E-state index >= 15 is 0 Å². The Balaban J connectivity index is 0.00000208. The van der Waals surface area contributed by atoms with Crippen LogP contribution < -0.4 is 11.1 Å². The normalized spacial score (nSPS) is 16.0. The number of hydrogen-bond donors (Lipinski definition) is 2. The van der Waals surface area contributed by atoms with Gasteiger partial charge in [-0.2, -0.15) is 0 Å². The van der Waals surface area contributed by atoms with Crippen LogP contribution in [0.1, 0.15) is 27.3 Å². The molecule has 3 rings (SSSR count). The summed E-state index contributed by atoms with van der Waals surface area (Å²) in [5.41, 5.74) is 6.00. The molecule has 1 aliphatic rings. The molecule has 128 valence electrons. The van der Waals surface area contributed by atoms with Crippen molar-refractivity contribution in [1.82, 2.24) is 4.98 Å². The number of nitrogens with two attached hydrogens (primary N) is 1. The van der Waals surface area contributed by atoms with Crippen molar-refractivity contribution in [2.45, 2.75) is 25.3 Å². The average Bonchev–Trinajstić information content (AvgIpc) is 2.88. The minimum atomic E-state index is -0.758. The molecule has 0 radical (unpaired) electrons. The van der Waals surface area contributed by atoms with Crippen LogP contribution in [0.5, 0.6) is 0 Å². The molecule has 1 amide bonds. The number of nitrogens with one attached hydrogen (secondary N) is 1. The third kappa shape index (κ3) is 3.69. The van der Waals surface area contributed by atoms with E-state index in [1.165, 1.54) is 11.3 Å². The number of aromatic nitrogens is 1. The maximum absolute atomic E-state index is 13.3. The van der Waals surface area contributed by atoms with E-state index in [0.29, 0.717) is 11.6 Å². The fraction of sp³-hybridized carbons (Fsp3) is 0.286. The summed E-state index contributed by atoms with van der Waals surface area (Å²) >= 11 is 1.29. The third-order valence-corrected chi connectivity index (χ3v) is 4.63. The van der Waals surface area contributed by atoms with Crippen LogP contribution >= 0.6 is 23.7 Å². The van der Waals surface area contributed by atoms with Crippen molar-refractivity contribution in [1.29, 1.82) is 0 Å². The number of rotatable bonds is 3. The van der Waals surface area contributed by atoms with Gasteiger partial charge in [0.2, 0.25) is 0 Å². The molecular formula is C14H14ClFN4O3S. The average molecular weight is 373 g/mol. The number of anilines is 1. The van der Waals surface area contributed by atoms with Gasteiger partial charge in [0.15, 0.2) is 5.13 Å². The molecule has 0 unspecified atom stereocenters. The molecular weight excluding hydrogens is 359 g/mol. The first-order valence-electron chi connectivity index (χ1n) is 6.93. The van der Waals surface area contributed by atoms with Crippen LogP contribution in [0.2, 0.25) is 0 Å². The summed E-state index contributed by atoms with van der Waals surface area (Å²) < 4.78 is 13.3. The van der Waals surface area contributed by atoms with Crippen LogP contribution in [0.3, 0.4) is 0 Å². The second kappa shape index (κ2) is 7.20. The molecule has 7 nitrogen and oxygen atoms in total. The largest absolute Gasteiger partial charge is 0.327 e. The van der Waals surface area contributed by atoms with Crippen LogP contribution in [0.15, 0.2) is 18.2 Å². The van der Waals surface area contributed by atoms with Crippen molar-refractivity contribution >= 4 is 40.5 Å². The molecule has 0 fully saturated rings. The number of aryl methyl sites for hydroxylation is 1. The van der Waals surface area contributed by atoms with E-state index in [4.69, 9.17) is 5.73 Å². The molecule has 1 heterocycles. The van der Waals surface area contributed by atoms with Gasteiger partial charge in [0.1, 0.15) is 11.4 Å². The van der Waals surface area contributed by atoms with Gasteiger partial charge in [-0.25, -0.2) is 9.37 Å². The maximum atomic E-state index is 13.3. The van der Waals surface area contributed by atoms with Gasteiger partial charge in [-0.3, -0.25) is 20.2 Å². The first-order valence-corrected chi connectivity index (χ1v) is 7.75. The summed E-state index contributed by atoms with van der Waals surface area (Å²) in [6.45, 7) is 0. The van der Waals surface area contributed by atoms with Crippen LogP contribution in [-0.4, -0.2) is 21.9 Å². The molecule has 1 aromatic heterocycles. The van der Waals surface area contributed by atoms with Crippen LogP contribution in [0.25, 0.3) is 0 Å². The standard InChI is InChI=1S/C14H13FN4O3S.ClH/c15-7-1-4-11(19(21)22)9(5-7)13(20)18-14-17-10-3-2-8(16)6-12(10)23-14;/h1,4-5,8H,2-3,6,16H2,(H,17,18,20);1H/t8-;/m0./s1. The van der Waals surface area contributed by atoms with Gasteiger partial charge in [0, 0.05) is 17.0 Å². The van der Waals surface area contributed by atoms with E-state index in [0.717, 1.165) is 41.6 Å². The van der Waals surface area contributed by atoms with E-state index in [1.54, 1.807) is 0 Å². The van der Waals surface area contributed by atoms with Crippen LogP contribution in [0, 0.1) is 15.9 Å². The first kappa shape index (κ1) is 18.2. The molecule has 0 saturated carbocycles. The zero-order valence-electron chi connectivity index (χ0n) is 12.3. The Morgan fingerprint density at radius 3 is 2.96 bits per heavy atom. The second-order valence-electron chi connectivity index (χ2n) is 5.26. The molecule has 24 heavy (non-hydrogen) atoms. The Morgan fingerprint density at radius 1 is 1.50 bits per heavy atom. The smallest absolute Gasteiger partial charge is 0.282 e. The number of nitro benzene ring substituents is 1. The molecule has 0 spiro atoms. The second-order valence-corrected chi connectivity index (χ2v) is 6.35. The van der Waals surface area contributed by atoms with Gasteiger partial charge in [-0.15, -0.1) is 23.7 Å². The van der Waals surface area contributed by atoms with E-state index in [1.807, 2.05) is 0 Å². The van der Waals surface area contributed by atoms with Crippen molar-refractivity contribution in [2.75, 3.05) is 5.32 Å². The highest BCUT2D eigenvalue weighted by Gasteiger charge is 2.24. The molecule has 1 atom stereocenters. The fourth-order valence-electron chi connectivity index (χ4n) is 2.47. The summed E-state index contributed by atoms with van der Waals surface area (Å²) in [7, 11) is 0. The lowest BCUT2D eigenvalue weighted by Crippen LogP contribution is -2.27. The minimum Gasteiger partial charge on any atom is -0.327 e. The van der Waals surface area contributed by atoms with E-state index in [-0.39, 0.29) is 24.0 Å². The number of carbonyl (C=O) groups is 1. The third-order valence-electron chi connectivity index (χ3n) is 3.60. The van der Waals surface area contributed by atoms with Gasteiger partial charge in [-0.05, 0) is 31.4 Å². The zero-order valence-corrected chi connectivity index (χ0v) is 14.0. The Morgan fingerprint density at radius 2 is 2.25 bits per heavy atom. The topological polar surface area (TPSA) is 111 Å². The monoisotopic (exact) mass is 372 g/mol. The molecule has 1 aromatic carbocycles. The van der Waals surface area contributed by atoms with Gasteiger partial charge in [-0.1, -0.05) is 0 Å². The lowest BCUT2D eigenvalue weighted by molar-refractivity contribution is -0.385. The Kier molecular flexibility index (Phi) is 5.47. The number of amides is 1. The quantitative estimate of drug-likeness (QED) is 0.635. The van der Waals surface area contributed by atoms with Gasteiger partial charge in [0.25, 0.3) is 11.6 Å². The number of benzene rings is 1.